The Morgan fingerprint density at radius 1 is 1.47 bits per heavy atom. The Morgan fingerprint density at radius 2 is 2.00 bits per heavy atom. The number of rotatable bonds is 2. The number of pyridine rings is 1. The molecule has 4 nitrogen and oxygen atoms in total. The molecule has 0 radical (unpaired) electrons. The molecule has 0 aliphatic rings. The van der Waals surface area contributed by atoms with Crippen LogP contribution in [0.4, 0.5) is 13.2 Å². The van der Waals surface area contributed by atoms with E-state index in [-0.39, 0.29) is 0 Å². The molecule has 0 aliphatic heterocycles. The number of sulfonamides is 1. The van der Waals surface area contributed by atoms with Crippen LogP contribution in [0.5, 0.6) is 0 Å². The summed E-state index contributed by atoms with van der Waals surface area (Å²) in [6.07, 6.45) is -3.34. The van der Waals surface area contributed by atoms with Crippen molar-refractivity contribution in [1.29, 1.82) is 0 Å². The predicted molar refractivity (Wildman–Crippen MR) is 45.5 cm³/mol. The first-order valence-electron chi connectivity index (χ1n) is 3.40. The number of nitrogens with two attached hydrogens (primary N) is 1. The SMILES string of the molecule is NS(=O)(=O)c1cc(Cl)nc(F)c1C(F)F. The second kappa shape index (κ2) is 3.95. The molecule has 0 fully saturated rings. The van der Waals surface area contributed by atoms with Gasteiger partial charge in [0.05, 0.1) is 10.5 Å². The van der Waals surface area contributed by atoms with E-state index in [0.717, 1.165) is 0 Å². The molecule has 1 heterocycles. The lowest BCUT2D eigenvalue weighted by Crippen LogP contribution is -2.16. The first-order valence-corrected chi connectivity index (χ1v) is 5.33. The van der Waals surface area contributed by atoms with Crippen LogP contribution in [-0.4, -0.2) is 13.4 Å². The van der Waals surface area contributed by atoms with E-state index in [9.17, 15) is 21.6 Å². The van der Waals surface area contributed by atoms with E-state index >= 15 is 0 Å². The van der Waals surface area contributed by atoms with E-state index < -0.39 is 38.0 Å². The van der Waals surface area contributed by atoms with Crippen LogP contribution < -0.4 is 5.14 Å². The monoisotopic (exact) mass is 260 g/mol. The number of primary sulfonamides is 1. The van der Waals surface area contributed by atoms with E-state index in [1.165, 1.54) is 0 Å². The fourth-order valence-corrected chi connectivity index (χ4v) is 1.91. The molecule has 1 rings (SSSR count). The van der Waals surface area contributed by atoms with Crippen molar-refractivity contribution in [2.75, 3.05) is 0 Å². The van der Waals surface area contributed by atoms with Crippen LogP contribution in [0.15, 0.2) is 11.0 Å². The first-order chi connectivity index (χ1) is 6.73. The minimum atomic E-state index is -4.47. The van der Waals surface area contributed by atoms with Crippen LogP contribution in [0, 0.1) is 5.95 Å². The summed E-state index contributed by atoms with van der Waals surface area (Å²) in [5.74, 6) is -1.65. The van der Waals surface area contributed by atoms with E-state index in [4.69, 9.17) is 11.6 Å². The summed E-state index contributed by atoms with van der Waals surface area (Å²) >= 11 is 5.22. The molecule has 0 saturated carbocycles. The fourth-order valence-electron chi connectivity index (χ4n) is 0.907. The van der Waals surface area contributed by atoms with Gasteiger partial charge in [-0.2, -0.15) is 4.39 Å². The molecule has 0 spiro atoms. The van der Waals surface area contributed by atoms with Crippen LogP contribution in [0.3, 0.4) is 0 Å². The maximum absolute atomic E-state index is 12.9. The van der Waals surface area contributed by atoms with Crippen molar-refractivity contribution >= 4 is 21.6 Å². The van der Waals surface area contributed by atoms with E-state index in [1.807, 2.05) is 0 Å². The zero-order valence-electron chi connectivity index (χ0n) is 6.92. The van der Waals surface area contributed by atoms with Gasteiger partial charge < -0.3 is 0 Å². The molecule has 0 unspecified atom stereocenters. The van der Waals surface area contributed by atoms with Crippen molar-refractivity contribution in [2.45, 2.75) is 11.3 Å². The number of aromatic nitrogens is 1. The third kappa shape index (κ3) is 2.58. The number of nitrogens with zero attached hydrogens (tertiary/aromatic N) is 1. The average molecular weight is 261 g/mol. The second-order valence-corrected chi connectivity index (χ2v) is 4.41. The van der Waals surface area contributed by atoms with Crippen molar-refractivity contribution in [2.24, 2.45) is 5.14 Å². The number of hydrogen-bond donors (Lipinski definition) is 1. The smallest absolute Gasteiger partial charge is 0.225 e. The Labute approximate surface area is 87.9 Å². The van der Waals surface area contributed by atoms with Crippen molar-refractivity contribution in [3.63, 3.8) is 0 Å². The highest BCUT2D eigenvalue weighted by Crippen LogP contribution is 2.29. The van der Waals surface area contributed by atoms with E-state index in [2.05, 4.69) is 10.1 Å². The van der Waals surface area contributed by atoms with E-state index in [1.54, 1.807) is 0 Å². The number of halogens is 4. The summed E-state index contributed by atoms with van der Waals surface area (Å²) in [4.78, 5) is 1.81. The Morgan fingerprint density at radius 3 is 2.40 bits per heavy atom. The largest absolute Gasteiger partial charge is 0.269 e. The van der Waals surface area contributed by atoms with Crippen LogP contribution >= 0.6 is 11.6 Å². The summed E-state index contributed by atoms with van der Waals surface area (Å²) in [5.41, 5.74) is -1.37. The molecule has 15 heavy (non-hydrogen) atoms. The van der Waals surface area contributed by atoms with Crippen molar-refractivity contribution < 1.29 is 21.6 Å². The van der Waals surface area contributed by atoms with Gasteiger partial charge in [-0.25, -0.2) is 27.3 Å². The van der Waals surface area contributed by atoms with Crippen molar-refractivity contribution in [3.05, 3.63) is 22.7 Å². The second-order valence-electron chi connectivity index (χ2n) is 2.49. The standard InChI is InChI=1S/C6H4ClF3N2O2S/c7-3-1-2(15(11,13)14)4(5(8)9)6(10)12-3/h1,5H,(H2,11,13,14). The zero-order chi connectivity index (χ0) is 11.8. The highest BCUT2D eigenvalue weighted by molar-refractivity contribution is 7.89. The third-order valence-electron chi connectivity index (χ3n) is 1.47. The fraction of sp³-hybridized carbons (Fsp3) is 0.167. The minimum Gasteiger partial charge on any atom is -0.225 e. The molecule has 0 saturated heterocycles. The van der Waals surface area contributed by atoms with Gasteiger partial charge in [0.25, 0.3) is 6.43 Å². The number of alkyl halides is 2. The van der Waals surface area contributed by atoms with Gasteiger partial charge in [0.2, 0.25) is 16.0 Å². The lowest BCUT2D eigenvalue weighted by atomic mass is 10.3. The van der Waals surface area contributed by atoms with Gasteiger partial charge in [0.1, 0.15) is 5.15 Å². The Hall–Kier alpha value is -0.860. The summed E-state index contributed by atoms with van der Waals surface area (Å²) < 4.78 is 59.2. The van der Waals surface area contributed by atoms with Crippen molar-refractivity contribution in [3.8, 4) is 0 Å². The maximum atomic E-state index is 12.9. The van der Waals surface area contributed by atoms with Crippen LogP contribution in [0.25, 0.3) is 0 Å². The molecule has 0 aromatic carbocycles. The van der Waals surface area contributed by atoms with Crippen LogP contribution in [-0.2, 0) is 10.0 Å². The van der Waals surface area contributed by atoms with Gasteiger partial charge in [-0.3, -0.25) is 0 Å². The topological polar surface area (TPSA) is 73.1 Å². The lowest BCUT2D eigenvalue weighted by molar-refractivity contribution is 0.141. The molecule has 0 amide bonds. The highest BCUT2D eigenvalue weighted by Gasteiger charge is 2.26. The van der Waals surface area contributed by atoms with E-state index in [0.29, 0.717) is 6.07 Å². The number of hydrogen-bond acceptors (Lipinski definition) is 3. The maximum Gasteiger partial charge on any atom is 0.269 e. The van der Waals surface area contributed by atoms with Gasteiger partial charge in [-0.15, -0.1) is 0 Å². The van der Waals surface area contributed by atoms with Gasteiger partial charge >= 0.3 is 0 Å². The molecule has 0 aliphatic carbocycles. The average Bonchev–Trinajstić information content (AvgIpc) is 1.99. The first kappa shape index (κ1) is 12.2. The molecule has 2 N–H and O–H groups in total. The minimum absolute atomic E-state index is 0.569. The van der Waals surface area contributed by atoms with Gasteiger partial charge in [-0.1, -0.05) is 11.6 Å². The molecular formula is C6H4ClF3N2O2S. The lowest BCUT2D eigenvalue weighted by Gasteiger charge is -2.07. The Bertz CT molecular complexity index is 491. The van der Waals surface area contributed by atoms with Gasteiger partial charge in [0, 0.05) is 0 Å². The third-order valence-corrected chi connectivity index (χ3v) is 2.61. The molecular weight excluding hydrogens is 257 g/mol. The zero-order valence-corrected chi connectivity index (χ0v) is 8.49. The van der Waals surface area contributed by atoms with Gasteiger partial charge in [-0.05, 0) is 6.07 Å². The highest BCUT2D eigenvalue weighted by atomic mass is 35.5. The van der Waals surface area contributed by atoms with Gasteiger partial charge in [0.15, 0.2) is 0 Å². The summed E-state index contributed by atoms with van der Waals surface area (Å²) in [5, 5.41) is 4.05. The normalized spacial score (nSPS) is 12.1. The molecule has 0 atom stereocenters. The molecule has 1 aromatic rings. The van der Waals surface area contributed by atoms with Crippen molar-refractivity contribution in [1.82, 2.24) is 4.98 Å². The molecule has 1 aromatic heterocycles. The Balaban J connectivity index is 3.62. The summed E-state index contributed by atoms with van der Waals surface area (Å²) in [6, 6.07) is 0.571. The van der Waals surface area contributed by atoms with Crippen LogP contribution in [0.2, 0.25) is 5.15 Å². The quantitative estimate of drug-likeness (QED) is 0.818. The summed E-state index contributed by atoms with van der Waals surface area (Å²) in [6.45, 7) is 0. The summed E-state index contributed by atoms with van der Waals surface area (Å²) in [7, 11) is -4.47. The molecule has 84 valence electrons. The molecule has 9 heteroatoms. The molecule has 0 bridgehead atoms. The Kier molecular flexibility index (Phi) is 3.22. The predicted octanol–water partition coefficient (Wildman–Crippen LogP) is 1.46. The van der Waals surface area contributed by atoms with Crippen LogP contribution in [0.1, 0.15) is 12.0 Å².